The fourth-order valence-corrected chi connectivity index (χ4v) is 2.38. The number of carbonyl (C=O) groups is 2. The maximum atomic E-state index is 14.0. The van der Waals surface area contributed by atoms with E-state index in [9.17, 15) is 35.9 Å². The third kappa shape index (κ3) is 4.27. The summed E-state index contributed by atoms with van der Waals surface area (Å²) >= 11 is 11.2. The van der Waals surface area contributed by atoms with Crippen LogP contribution in [0.3, 0.4) is 0 Å². The lowest BCUT2D eigenvalue weighted by Crippen LogP contribution is -2.63. The molecule has 0 saturated carbocycles. The van der Waals surface area contributed by atoms with Crippen LogP contribution < -0.4 is 10.6 Å². The van der Waals surface area contributed by atoms with Crippen LogP contribution in [0.2, 0.25) is 10.0 Å². The Kier molecular flexibility index (Phi) is 6.39. The van der Waals surface area contributed by atoms with E-state index in [2.05, 4.69) is 0 Å². The average Bonchev–Trinajstić information content (AvgIpc) is 2.64. The second-order valence-electron chi connectivity index (χ2n) is 5.59. The number of carbonyl (C=O) groups excluding carboxylic acids is 2. The van der Waals surface area contributed by atoms with Crippen molar-refractivity contribution in [2.45, 2.75) is 17.8 Å². The molecule has 2 aromatic carbocycles. The summed E-state index contributed by atoms with van der Waals surface area (Å²) in [6, 6.07) is 9.38. The van der Waals surface area contributed by atoms with E-state index >= 15 is 0 Å². The number of benzene rings is 2. The van der Waals surface area contributed by atoms with E-state index in [1.165, 1.54) is 34.9 Å². The van der Waals surface area contributed by atoms with Crippen molar-refractivity contribution >= 4 is 46.4 Å². The molecule has 2 amide bonds. The number of nitrogens with one attached hydrogen (secondary N) is 2. The smallest absolute Gasteiger partial charge is 0.319 e. The molecule has 0 spiro atoms. The zero-order valence-corrected chi connectivity index (χ0v) is 15.5. The molecule has 29 heavy (non-hydrogen) atoms. The molecule has 2 rings (SSSR count). The van der Waals surface area contributed by atoms with Crippen molar-refractivity contribution < 1.29 is 35.9 Å². The van der Waals surface area contributed by atoms with Gasteiger partial charge in [-0.2, -0.15) is 26.3 Å². The number of anilines is 2. The van der Waals surface area contributed by atoms with Gasteiger partial charge in [0, 0.05) is 0 Å². The Bertz CT molecular complexity index is 866. The Balaban J connectivity index is 2.29. The second-order valence-corrected chi connectivity index (χ2v) is 6.41. The van der Waals surface area contributed by atoms with Crippen molar-refractivity contribution in [1.29, 1.82) is 0 Å². The maximum absolute atomic E-state index is 14.0. The molecule has 0 bridgehead atoms. The summed E-state index contributed by atoms with van der Waals surface area (Å²) in [6.45, 7) is 0. The normalized spacial score (nSPS) is 12.4. The first kappa shape index (κ1) is 22.8. The van der Waals surface area contributed by atoms with Crippen LogP contribution in [-0.2, 0) is 9.59 Å². The Morgan fingerprint density at radius 1 is 0.655 bits per heavy atom. The zero-order valence-electron chi connectivity index (χ0n) is 14.0. The van der Waals surface area contributed by atoms with Gasteiger partial charge in [0.2, 0.25) is 0 Å². The highest BCUT2D eigenvalue weighted by Crippen LogP contribution is 2.47. The van der Waals surface area contributed by atoms with E-state index in [1.807, 2.05) is 0 Å². The van der Waals surface area contributed by atoms with E-state index in [4.69, 9.17) is 23.2 Å². The van der Waals surface area contributed by atoms with Crippen molar-refractivity contribution in [2.24, 2.45) is 0 Å². The number of rotatable bonds is 6. The third-order valence-corrected chi connectivity index (χ3v) is 4.26. The monoisotopic (exact) mass is 458 g/mol. The minimum Gasteiger partial charge on any atom is -0.319 e. The van der Waals surface area contributed by atoms with Crippen LogP contribution in [0, 0.1) is 0 Å². The standard InChI is InChI=1S/C17H10Cl2F6N2O2/c18-9-5-1-3-7-11(9)26-13(28)15(20,21)17(24,25)16(22,23)14(29)27-12-8-4-2-6-10(12)19/h1-8H,(H,26,28)(H,27,29). The van der Waals surface area contributed by atoms with Crippen LogP contribution in [0.5, 0.6) is 0 Å². The van der Waals surface area contributed by atoms with Crippen molar-refractivity contribution in [3.05, 3.63) is 58.6 Å². The van der Waals surface area contributed by atoms with E-state index in [0.717, 1.165) is 24.3 Å². The molecule has 0 unspecified atom stereocenters. The third-order valence-electron chi connectivity index (χ3n) is 3.60. The molecule has 0 aliphatic heterocycles. The number of hydrogen-bond acceptors (Lipinski definition) is 2. The first-order valence-electron chi connectivity index (χ1n) is 7.57. The summed E-state index contributed by atoms with van der Waals surface area (Å²) in [6.07, 6.45) is 0. The Hall–Kier alpha value is -2.46. The number of amides is 2. The van der Waals surface area contributed by atoms with Gasteiger partial charge < -0.3 is 10.6 Å². The van der Waals surface area contributed by atoms with Gasteiger partial charge in [-0.3, -0.25) is 9.59 Å². The van der Waals surface area contributed by atoms with Crippen molar-refractivity contribution in [3.8, 4) is 0 Å². The predicted molar refractivity (Wildman–Crippen MR) is 95.0 cm³/mol. The van der Waals surface area contributed by atoms with Crippen molar-refractivity contribution in [3.63, 3.8) is 0 Å². The van der Waals surface area contributed by atoms with E-state index in [-0.39, 0.29) is 10.0 Å². The lowest BCUT2D eigenvalue weighted by Gasteiger charge is -2.31. The largest absolute Gasteiger partial charge is 0.393 e. The molecule has 12 heteroatoms. The summed E-state index contributed by atoms with van der Waals surface area (Å²) in [5.41, 5.74) is -1.03. The van der Waals surface area contributed by atoms with Crippen LogP contribution in [0.4, 0.5) is 37.7 Å². The first-order chi connectivity index (χ1) is 13.3. The van der Waals surface area contributed by atoms with Gasteiger partial charge in [0.15, 0.2) is 0 Å². The van der Waals surface area contributed by atoms with Crippen LogP contribution in [-0.4, -0.2) is 29.6 Å². The minimum absolute atomic E-state index is 0.303. The Morgan fingerprint density at radius 3 is 1.28 bits per heavy atom. The molecule has 0 aliphatic carbocycles. The number of alkyl halides is 6. The van der Waals surface area contributed by atoms with Gasteiger partial charge in [0.25, 0.3) is 0 Å². The molecule has 0 radical (unpaired) electrons. The second kappa shape index (κ2) is 8.11. The molecule has 2 aromatic rings. The van der Waals surface area contributed by atoms with Gasteiger partial charge in [-0.1, -0.05) is 47.5 Å². The molecule has 0 saturated heterocycles. The summed E-state index contributed by atoms with van der Waals surface area (Å²) < 4.78 is 84.0. The lowest BCUT2D eigenvalue weighted by molar-refractivity contribution is -0.283. The van der Waals surface area contributed by atoms with Gasteiger partial charge >= 0.3 is 29.6 Å². The highest BCUT2D eigenvalue weighted by Gasteiger charge is 2.78. The highest BCUT2D eigenvalue weighted by molar-refractivity contribution is 6.34. The zero-order chi connectivity index (χ0) is 22.0. The fraction of sp³-hybridized carbons (Fsp3) is 0.176. The first-order valence-corrected chi connectivity index (χ1v) is 8.33. The van der Waals surface area contributed by atoms with Crippen LogP contribution in [0.1, 0.15) is 0 Å². The Morgan fingerprint density at radius 2 is 0.966 bits per heavy atom. The van der Waals surface area contributed by atoms with Crippen LogP contribution >= 0.6 is 23.2 Å². The summed E-state index contributed by atoms with van der Waals surface area (Å²) in [7, 11) is 0. The SMILES string of the molecule is O=C(Nc1ccccc1Cl)C(F)(F)C(F)(F)C(F)(F)C(=O)Nc1ccccc1Cl. The summed E-state index contributed by atoms with van der Waals surface area (Å²) in [5.74, 6) is -23.9. The van der Waals surface area contributed by atoms with Crippen LogP contribution in [0.15, 0.2) is 48.5 Å². The molecule has 0 atom stereocenters. The molecule has 4 nitrogen and oxygen atoms in total. The number of halogens is 8. The van der Waals surface area contributed by atoms with Crippen molar-refractivity contribution in [1.82, 2.24) is 0 Å². The van der Waals surface area contributed by atoms with Gasteiger partial charge in [-0.05, 0) is 24.3 Å². The summed E-state index contributed by atoms with van der Waals surface area (Å²) in [4.78, 5) is 23.3. The molecular formula is C17H10Cl2F6N2O2. The molecule has 0 aliphatic rings. The Labute approximate surface area is 169 Å². The van der Waals surface area contributed by atoms with Gasteiger partial charge in [-0.25, -0.2) is 0 Å². The van der Waals surface area contributed by atoms with E-state index in [0.29, 0.717) is 0 Å². The fourth-order valence-electron chi connectivity index (χ4n) is 2.01. The molecule has 2 N–H and O–H groups in total. The van der Waals surface area contributed by atoms with E-state index in [1.54, 1.807) is 0 Å². The quantitative estimate of drug-likeness (QED) is 0.563. The van der Waals surface area contributed by atoms with Gasteiger partial charge in [0.1, 0.15) is 0 Å². The van der Waals surface area contributed by atoms with Crippen LogP contribution in [0.25, 0.3) is 0 Å². The predicted octanol–water partition coefficient (Wildman–Crippen LogP) is 5.48. The topological polar surface area (TPSA) is 58.2 Å². The lowest BCUT2D eigenvalue weighted by atomic mass is 10.0. The summed E-state index contributed by atoms with van der Waals surface area (Å²) in [5, 5.41) is 2.07. The maximum Gasteiger partial charge on any atom is 0.393 e. The number of para-hydroxylation sites is 2. The van der Waals surface area contributed by atoms with Gasteiger partial charge in [-0.15, -0.1) is 0 Å². The van der Waals surface area contributed by atoms with Crippen molar-refractivity contribution in [2.75, 3.05) is 10.6 Å². The van der Waals surface area contributed by atoms with Gasteiger partial charge in [0.05, 0.1) is 21.4 Å². The molecule has 0 fully saturated rings. The minimum atomic E-state index is -6.39. The molecule has 156 valence electrons. The molecular weight excluding hydrogens is 449 g/mol. The number of hydrogen-bond donors (Lipinski definition) is 2. The molecule has 0 aromatic heterocycles. The molecule has 0 heterocycles. The highest BCUT2D eigenvalue weighted by atomic mass is 35.5. The average molecular weight is 459 g/mol. The van der Waals surface area contributed by atoms with E-state index < -0.39 is 41.0 Å².